The van der Waals surface area contributed by atoms with E-state index in [-0.39, 0.29) is 31.3 Å². The fourth-order valence-corrected chi connectivity index (χ4v) is 2.92. The average Bonchev–Trinajstić information content (AvgIpc) is 3.28. The summed E-state index contributed by atoms with van der Waals surface area (Å²) in [5.74, 6) is -0.552. The van der Waals surface area contributed by atoms with Crippen LogP contribution in [0.3, 0.4) is 0 Å². The number of pyridine rings is 1. The molecule has 0 fully saturated rings. The third-order valence-corrected chi connectivity index (χ3v) is 4.58. The van der Waals surface area contributed by atoms with Crippen molar-refractivity contribution in [2.45, 2.75) is 32.6 Å². The van der Waals surface area contributed by atoms with Gasteiger partial charge in [-0.2, -0.15) is 0 Å². The first-order valence-electron chi connectivity index (χ1n) is 10.1. The SMILES string of the molecule is CCCCCC(CN(O)C=O)C(=O)NCNC(=O)c1ccc(-c2cccc(OC)n2)o1. The number of aromatic nitrogens is 1. The van der Waals surface area contributed by atoms with E-state index in [0.29, 0.717) is 28.8 Å². The van der Waals surface area contributed by atoms with Crippen LogP contribution in [0.1, 0.15) is 43.2 Å². The summed E-state index contributed by atoms with van der Waals surface area (Å²) in [5, 5.41) is 15.0. The number of furan rings is 1. The van der Waals surface area contributed by atoms with Gasteiger partial charge in [-0.15, -0.1) is 0 Å². The van der Waals surface area contributed by atoms with Gasteiger partial charge in [0.25, 0.3) is 5.91 Å². The molecule has 1 unspecified atom stereocenters. The van der Waals surface area contributed by atoms with Crippen LogP contribution in [0, 0.1) is 5.92 Å². The average molecular weight is 432 g/mol. The molecule has 0 aliphatic carbocycles. The Balaban J connectivity index is 1.89. The number of unbranched alkanes of at least 4 members (excludes halogenated alkanes) is 2. The van der Waals surface area contributed by atoms with E-state index in [2.05, 4.69) is 15.6 Å². The molecule has 10 heteroatoms. The van der Waals surface area contributed by atoms with Crippen molar-refractivity contribution in [1.29, 1.82) is 0 Å². The van der Waals surface area contributed by atoms with Crippen molar-refractivity contribution in [2.24, 2.45) is 5.92 Å². The minimum Gasteiger partial charge on any atom is -0.481 e. The zero-order chi connectivity index (χ0) is 22.6. The van der Waals surface area contributed by atoms with Crippen molar-refractivity contribution in [1.82, 2.24) is 20.7 Å². The first-order chi connectivity index (χ1) is 15.0. The van der Waals surface area contributed by atoms with Gasteiger partial charge in [-0.1, -0.05) is 32.3 Å². The molecule has 0 aliphatic heterocycles. The molecule has 0 saturated carbocycles. The highest BCUT2D eigenvalue weighted by molar-refractivity contribution is 5.92. The molecule has 0 spiro atoms. The fourth-order valence-electron chi connectivity index (χ4n) is 2.92. The summed E-state index contributed by atoms with van der Waals surface area (Å²) < 4.78 is 10.6. The van der Waals surface area contributed by atoms with E-state index in [1.807, 2.05) is 6.92 Å². The zero-order valence-corrected chi connectivity index (χ0v) is 17.7. The summed E-state index contributed by atoms with van der Waals surface area (Å²) in [4.78, 5) is 39.6. The molecule has 2 rings (SSSR count). The summed E-state index contributed by atoms with van der Waals surface area (Å²) >= 11 is 0. The number of ether oxygens (including phenoxy) is 1. The fraction of sp³-hybridized carbons (Fsp3) is 0.429. The van der Waals surface area contributed by atoms with Gasteiger partial charge in [-0.3, -0.25) is 19.6 Å². The second kappa shape index (κ2) is 12.3. The smallest absolute Gasteiger partial charge is 0.288 e. The first kappa shape index (κ1) is 23.9. The molecular weight excluding hydrogens is 404 g/mol. The Hall–Kier alpha value is -3.40. The van der Waals surface area contributed by atoms with Gasteiger partial charge < -0.3 is 19.8 Å². The Morgan fingerprint density at radius 3 is 2.77 bits per heavy atom. The highest BCUT2D eigenvalue weighted by atomic mass is 16.5. The third-order valence-electron chi connectivity index (χ3n) is 4.58. The lowest BCUT2D eigenvalue weighted by Gasteiger charge is -2.19. The molecule has 0 aliphatic rings. The van der Waals surface area contributed by atoms with Crippen LogP contribution >= 0.6 is 0 Å². The quantitative estimate of drug-likeness (QED) is 0.145. The first-order valence-corrected chi connectivity index (χ1v) is 10.1. The Morgan fingerprint density at radius 1 is 1.26 bits per heavy atom. The number of nitrogens with zero attached hydrogens (tertiary/aromatic N) is 2. The molecule has 0 bridgehead atoms. The van der Waals surface area contributed by atoms with Crippen molar-refractivity contribution in [3.05, 3.63) is 36.1 Å². The molecule has 31 heavy (non-hydrogen) atoms. The van der Waals surface area contributed by atoms with Gasteiger partial charge in [0.05, 0.1) is 26.2 Å². The van der Waals surface area contributed by atoms with Crippen molar-refractivity contribution in [3.63, 3.8) is 0 Å². The van der Waals surface area contributed by atoms with E-state index in [0.717, 1.165) is 19.3 Å². The molecule has 3 amide bonds. The Morgan fingerprint density at radius 2 is 2.06 bits per heavy atom. The number of rotatable bonds is 13. The maximum Gasteiger partial charge on any atom is 0.288 e. The Labute approximate surface area is 180 Å². The lowest BCUT2D eigenvalue weighted by atomic mass is 10.0. The van der Waals surface area contributed by atoms with E-state index < -0.39 is 11.8 Å². The number of hydrogen-bond acceptors (Lipinski definition) is 7. The molecule has 168 valence electrons. The van der Waals surface area contributed by atoms with Crippen LogP contribution in [0.2, 0.25) is 0 Å². The number of hydroxylamine groups is 2. The Kier molecular flexibility index (Phi) is 9.50. The van der Waals surface area contributed by atoms with Gasteiger partial charge in [-0.25, -0.2) is 10.0 Å². The predicted molar refractivity (Wildman–Crippen MR) is 111 cm³/mol. The second-order valence-electron chi connectivity index (χ2n) is 6.87. The van der Waals surface area contributed by atoms with E-state index in [1.165, 1.54) is 13.2 Å². The van der Waals surface area contributed by atoms with E-state index in [4.69, 9.17) is 9.15 Å². The summed E-state index contributed by atoms with van der Waals surface area (Å²) in [6, 6.07) is 8.31. The molecule has 1 atom stereocenters. The van der Waals surface area contributed by atoms with Gasteiger partial charge in [0.1, 0.15) is 5.69 Å². The molecule has 0 aromatic carbocycles. The number of methoxy groups -OCH3 is 1. The highest BCUT2D eigenvalue weighted by Crippen LogP contribution is 2.22. The lowest BCUT2D eigenvalue weighted by Crippen LogP contribution is -2.42. The number of amides is 3. The topological polar surface area (TPSA) is 134 Å². The Bertz CT molecular complexity index is 869. The van der Waals surface area contributed by atoms with E-state index in [1.54, 1.807) is 24.3 Å². The molecule has 10 nitrogen and oxygen atoms in total. The van der Waals surface area contributed by atoms with Crippen LogP contribution in [0.5, 0.6) is 5.88 Å². The van der Waals surface area contributed by atoms with Gasteiger partial charge >= 0.3 is 0 Å². The van der Waals surface area contributed by atoms with Crippen LogP contribution in [-0.4, -0.2) is 53.8 Å². The number of carbonyl (C=O) groups is 3. The summed E-state index contributed by atoms with van der Waals surface area (Å²) in [5.41, 5.74) is 0.519. The molecular formula is C21H28N4O6. The monoisotopic (exact) mass is 432 g/mol. The van der Waals surface area contributed by atoms with Crippen LogP contribution < -0.4 is 15.4 Å². The molecule has 3 N–H and O–H groups in total. The van der Waals surface area contributed by atoms with Crippen molar-refractivity contribution >= 4 is 18.2 Å². The lowest BCUT2D eigenvalue weighted by molar-refractivity contribution is -0.154. The van der Waals surface area contributed by atoms with Crippen molar-refractivity contribution in [2.75, 3.05) is 20.3 Å². The molecule has 2 aromatic rings. The largest absolute Gasteiger partial charge is 0.481 e. The molecule has 2 heterocycles. The van der Waals surface area contributed by atoms with Crippen LogP contribution in [0.15, 0.2) is 34.7 Å². The third kappa shape index (κ3) is 7.41. The van der Waals surface area contributed by atoms with Crippen LogP contribution in [0.4, 0.5) is 0 Å². The standard InChI is InChI=1S/C21H28N4O6/c1-3-4-5-7-15(12-25(29)14-26)20(27)22-13-23-21(28)18-11-10-17(31-18)16-8-6-9-19(24-16)30-2/h6,8-11,14-15,29H,3-5,7,12-13H2,1-2H3,(H,22,27)(H,23,28). The van der Waals surface area contributed by atoms with Crippen LogP contribution in [0.25, 0.3) is 11.5 Å². The molecule has 2 aromatic heterocycles. The van der Waals surface area contributed by atoms with E-state index in [9.17, 15) is 19.6 Å². The van der Waals surface area contributed by atoms with Crippen LogP contribution in [-0.2, 0) is 9.59 Å². The highest BCUT2D eigenvalue weighted by Gasteiger charge is 2.21. The number of carbonyl (C=O) groups excluding carboxylic acids is 3. The number of nitrogens with one attached hydrogen (secondary N) is 2. The summed E-state index contributed by atoms with van der Waals surface area (Å²) in [7, 11) is 1.51. The van der Waals surface area contributed by atoms with Crippen molar-refractivity contribution in [3.8, 4) is 17.3 Å². The number of hydrogen-bond donors (Lipinski definition) is 3. The maximum absolute atomic E-state index is 12.4. The summed E-state index contributed by atoms with van der Waals surface area (Å²) in [6.07, 6.45) is 3.50. The minimum absolute atomic E-state index is 0.0656. The second-order valence-corrected chi connectivity index (χ2v) is 6.87. The zero-order valence-electron chi connectivity index (χ0n) is 17.7. The van der Waals surface area contributed by atoms with Gasteiger partial charge in [0, 0.05) is 6.07 Å². The van der Waals surface area contributed by atoms with Gasteiger partial charge in [0.15, 0.2) is 11.5 Å². The maximum atomic E-state index is 12.4. The minimum atomic E-state index is -0.576. The van der Waals surface area contributed by atoms with Gasteiger partial charge in [0.2, 0.25) is 18.2 Å². The molecule has 0 saturated heterocycles. The van der Waals surface area contributed by atoms with Crippen molar-refractivity contribution < 1.29 is 28.7 Å². The van der Waals surface area contributed by atoms with E-state index >= 15 is 0 Å². The molecule has 0 radical (unpaired) electrons. The normalized spacial score (nSPS) is 11.5. The predicted octanol–water partition coefficient (Wildman–Crippen LogP) is 2.20. The summed E-state index contributed by atoms with van der Waals surface area (Å²) in [6.45, 7) is 1.81. The van der Waals surface area contributed by atoms with Gasteiger partial charge in [-0.05, 0) is 24.6 Å².